The Morgan fingerprint density at radius 1 is 1.35 bits per heavy atom. The molecule has 0 spiro atoms. The number of nitrogens with zero attached hydrogens (tertiary/aromatic N) is 3. The molecule has 2 fully saturated rings. The van der Waals surface area contributed by atoms with Crippen LogP contribution in [0.5, 0.6) is 0 Å². The smallest absolute Gasteiger partial charge is 0.261 e. The zero-order chi connectivity index (χ0) is 16.0. The molecule has 0 radical (unpaired) electrons. The third kappa shape index (κ3) is 2.41. The summed E-state index contributed by atoms with van der Waals surface area (Å²) >= 11 is 0. The molecule has 6 nitrogen and oxygen atoms in total. The van der Waals surface area contributed by atoms with Crippen molar-refractivity contribution in [2.75, 3.05) is 26.2 Å². The Balaban J connectivity index is 1.69. The fourth-order valence-corrected chi connectivity index (χ4v) is 3.51. The molecule has 0 aliphatic carbocycles. The summed E-state index contributed by atoms with van der Waals surface area (Å²) in [6.07, 6.45) is 0. The van der Waals surface area contributed by atoms with E-state index < -0.39 is 5.82 Å². The molecular weight excluding hydrogens is 299 g/mol. The first-order chi connectivity index (χ1) is 11.1. The highest BCUT2D eigenvalue weighted by Crippen LogP contribution is 2.31. The van der Waals surface area contributed by atoms with Gasteiger partial charge in [0.2, 0.25) is 0 Å². The van der Waals surface area contributed by atoms with Crippen LogP contribution in [0.1, 0.15) is 16.2 Å². The second-order valence-electron chi connectivity index (χ2n) is 6.20. The Morgan fingerprint density at radius 3 is 2.74 bits per heavy atom. The lowest BCUT2D eigenvalue weighted by Crippen LogP contribution is -2.32. The van der Waals surface area contributed by atoms with Crippen LogP contribution in [-0.4, -0.2) is 47.1 Å². The molecule has 0 bridgehead atoms. The molecule has 1 amide bonds. The number of aromatic nitrogens is 2. The summed E-state index contributed by atoms with van der Waals surface area (Å²) in [5, 5.41) is 7.03. The Hall–Kier alpha value is -2.28. The zero-order valence-corrected chi connectivity index (χ0v) is 12.8. The van der Waals surface area contributed by atoms with Gasteiger partial charge in [-0.3, -0.25) is 4.79 Å². The lowest BCUT2D eigenvalue weighted by molar-refractivity contribution is 0.0781. The van der Waals surface area contributed by atoms with E-state index in [1.165, 1.54) is 12.1 Å². The second kappa shape index (κ2) is 5.42. The standard InChI is InChI=1S/C16H17FN4O2/c1-9-19-15(23-20-9)14-12(3-2-4-13(14)17)16(22)21-7-10-5-18-6-11(10)8-21/h2-4,10-11,18H,5-8H2,1H3. The van der Waals surface area contributed by atoms with Crippen molar-refractivity contribution in [1.29, 1.82) is 0 Å². The topological polar surface area (TPSA) is 71.3 Å². The van der Waals surface area contributed by atoms with Crippen LogP contribution in [0.4, 0.5) is 4.39 Å². The molecule has 23 heavy (non-hydrogen) atoms. The van der Waals surface area contributed by atoms with Crippen LogP contribution in [0.2, 0.25) is 0 Å². The first-order valence-corrected chi connectivity index (χ1v) is 7.72. The number of hydrogen-bond donors (Lipinski definition) is 1. The molecular formula is C16H17FN4O2. The number of carbonyl (C=O) groups is 1. The monoisotopic (exact) mass is 316 g/mol. The van der Waals surface area contributed by atoms with Crippen LogP contribution in [0.3, 0.4) is 0 Å². The van der Waals surface area contributed by atoms with E-state index in [-0.39, 0.29) is 22.9 Å². The summed E-state index contributed by atoms with van der Waals surface area (Å²) in [5.74, 6) is 0.724. The number of benzene rings is 1. The number of aryl methyl sites for hydroxylation is 1. The molecule has 2 unspecified atom stereocenters. The van der Waals surface area contributed by atoms with Crippen molar-refractivity contribution in [3.63, 3.8) is 0 Å². The predicted molar refractivity (Wildman–Crippen MR) is 80.2 cm³/mol. The molecule has 2 aliphatic rings. The van der Waals surface area contributed by atoms with Gasteiger partial charge in [0, 0.05) is 26.2 Å². The highest BCUT2D eigenvalue weighted by Gasteiger charge is 2.39. The summed E-state index contributed by atoms with van der Waals surface area (Å²) in [4.78, 5) is 18.8. The maximum atomic E-state index is 14.3. The van der Waals surface area contributed by atoms with E-state index in [1.54, 1.807) is 17.9 Å². The van der Waals surface area contributed by atoms with Gasteiger partial charge in [-0.1, -0.05) is 11.2 Å². The van der Waals surface area contributed by atoms with Gasteiger partial charge in [0.15, 0.2) is 5.82 Å². The average molecular weight is 316 g/mol. The lowest BCUT2D eigenvalue weighted by Gasteiger charge is -2.19. The first-order valence-electron chi connectivity index (χ1n) is 7.72. The van der Waals surface area contributed by atoms with Crippen LogP contribution < -0.4 is 5.32 Å². The first kappa shape index (κ1) is 14.3. The maximum absolute atomic E-state index is 14.3. The summed E-state index contributed by atoms with van der Waals surface area (Å²) in [5.41, 5.74) is 0.370. The normalized spacial score (nSPS) is 23.3. The molecule has 0 saturated carbocycles. The quantitative estimate of drug-likeness (QED) is 0.908. The summed E-state index contributed by atoms with van der Waals surface area (Å²) in [7, 11) is 0. The number of carbonyl (C=O) groups excluding carboxylic acids is 1. The van der Waals surface area contributed by atoms with E-state index in [2.05, 4.69) is 15.5 Å². The lowest BCUT2D eigenvalue weighted by atomic mass is 10.0. The fraction of sp³-hybridized carbons (Fsp3) is 0.438. The van der Waals surface area contributed by atoms with Crippen molar-refractivity contribution in [3.8, 4) is 11.5 Å². The van der Waals surface area contributed by atoms with Crippen molar-refractivity contribution >= 4 is 5.91 Å². The van der Waals surface area contributed by atoms with E-state index in [4.69, 9.17) is 4.52 Å². The van der Waals surface area contributed by atoms with Crippen molar-refractivity contribution in [3.05, 3.63) is 35.4 Å². The van der Waals surface area contributed by atoms with Crippen LogP contribution in [-0.2, 0) is 0 Å². The number of halogens is 1. The van der Waals surface area contributed by atoms with E-state index >= 15 is 0 Å². The minimum atomic E-state index is -0.527. The van der Waals surface area contributed by atoms with Gasteiger partial charge in [-0.05, 0) is 30.9 Å². The zero-order valence-electron chi connectivity index (χ0n) is 12.8. The van der Waals surface area contributed by atoms with Gasteiger partial charge < -0.3 is 14.7 Å². The number of hydrogen-bond acceptors (Lipinski definition) is 5. The number of rotatable bonds is 2. The molecule has 120 valence electrons. The van der Waals surface area contributed by atoms with E-state index in [9.17, 15) is 9.18 Å². The highest BCUT2D eigenvalue weighted by molar-refractivity contribution is 6.00. The number of amides is 1. The molecule has 1 aromatic heterocycles. The van der Waals surface area contributed by atoms with Gasteiger partial charge in [-0.2, -0.15) is 4.98 Å². The van der Waals surface area contributed by atoms with Crippen molar-refractivity contribution in [2.45, 2.75) is 6.92 Å². The van der Waals surface area contributed by atoms with E-state index in [0.717, 1.165) is 13.1 Å². The minimum Gasteiger partial charge on any atom is -0.338 e. The molecule has 1 aromatic carbocycles. The average Bonchev–Trinajstić information content (AvgIpc) is 3.21. The number of fused-ring (bicyclic) bond motifs is 1. The minimum absolute atomic E-state index is 0.0463. The third-order valence-electron chi connectivity index (χ3n) is 4.66. The molecule has 7 heteroatoms. The van der Waals surface area contributed by atoms with Gasteiger partial charge in [0.25, 0.3) is 11.8 Å². The molecule has 4 rings (SSSR count). The molecule has 2 saturated heterocycles. The Kier molecular flexibility index (Phi) is 3.37. The highest BCUT2D eigenvalue weighted by atomic mass is 19.1. The van der Waals surface area contributed by atoms with Crippen LogP contribution >= 0.6 is 0 Å². The molecule has 2 atom stereocenters. The van der Waals surface area contributed by atoms with Crippen molar-refractivity contribution in [1.82, 2.24) is 20.4 Å². The molecule has 1 N–H and O–H groups in total. The molecule has 2 aliphatic heterocycles. The molecule has 2 aromatic rings. The Labute approximate surface area is 132 Å². The van der Waals surface area contributed by atoms with Gasteiger partial charge in [-0.15, -0.1) is 0 Å². The van der Waals surface area contributed by atoms with Gasteiger partial charge >= 0.3 is 0 Å². The van der Waals surface area contributed by atoms with Gasteiger partial charge in [0.1, 0.15) is 5.82 Å². The third-order valence-corrected chi connectivity index (χ3v) is 4.66. The summed E-state index contributed by atoms with van der Waals surface area (Å²) in [6.45, 7) is 4.94. The van der Waals surface area contributed by atoms with Crippen molar-refractivity contribution in [2.24, 2.45) is 11.8 Å². The predicted octanol–water partition coefficient (Wildman–Crippen LogP) is 1.48. The van der Waals surface area contributed by atoms with Crippen LogP contribution in [0.15, 0.2) is 22.7 Å². The van der Waals surface area contributed by atoms with Gasteiger partial charge in [-0.25, -0.2) is 4.39 Å². The Bertz CT molecular complexity index is 748. The Morgan fingerprint density at radius 2 is 2.09 bits per heavy atom. The summed E-state index contributed by atoms with van der Waals surface area (Å²) in [6, 6.07) is 4.45. The SMILES string of the molecule is Cc1noc(-c2c(F)cccc2C(=O)N2CC3CNCC3C2)n1. The van der Waals surface area contributed by atoms with Gasteiger partial charge in [0.05, 0.1) is 11.1 Å². The van der Waals surface area contributed by atoms with Crippen LogP contribution in [0.25, 0.3) is 11.5 Å². The van der Waals surface area contributed by atoms with E-state index in [0.29, 0.717) is 30.7 Å². The second-order valence-corrected chi connectivity index (χ2v) is 6.20. The van der Waals surface area contributed by atoms with Crippen LogP contribution in [0, 0.1) is 24.6 Å². The number of likely N-dealkylation sites (tertiary alicyclic amines) is 1. The number of nitrogens with one attached hydrogen (secondary N) is 1. The van der Waals surface area contributed by atoms with Crippen molar-refractivity contribution < 1.29 is 13.7 Å². The summed E-state index contributed by atoms with van der Waals surface area (Å²) < 4.78 is 19.4. The fourth-order valence-electron chi connectivity index (χ4n) is 3.51. The maximum Gasteiger partial charge on any atom is 0.261 e. The van der Waals surface area contributed by atoms with E-state index in [1.807, 2.05) is 0 Å². The molecule has 3 heterocycles. The largest absolute Gasteiger partial charge is 0.338 e.